The van der Waals surface area contributed by atoms with Crippen LogP contribution in [0.3, 0.4) is 0 Å². The zero-order chi connectivity index (χ0) is 24.0. The molecule has 2 atom stereocenters. The van der Waals surface area contributed by atoms with Crippen molar-refractivity contribution in [2.75, 3.05) is 13.7 Å². The number of hydrogen-bond acceptors (Lipinski definition) is 9. The highest BCUT2D eigenvalue weighted by atomic mass is 16.6. The summed E-state index contributed by atoms with van der Waals surface area (Å²) in [5, 5.41) is 39.2. The molecule has 9 nitrogen and oxygen atoms in total. The van der Waals surface area contributed by atoms with E-state index in [1.165, 1.54) is 31.4 Å². The van der Waals surface area contributed by atoms with Crippen LogP contribution in [0.2, 0.25) is 0 Å². The topological polar surface area (TPSA) is 139 Å². The van der Waals surface area contributed by atoms with Crippen LogP contribution in [-0.4, -0.2) is 40.2 Å². The quantitative estimate of drug-likeness (QED) is 0.358. The summed E-state index contributed by atoms with van der Waals surface area (Å²) in [6.45, 7) is -0.331. The minimum atomic E-state index is -0.735. The van der Waals surface area contributed by atoms with Crippen molar-refractivity contribution in [3.63, 3.8) is 0 Å². The molecule has 1 aliphatic heterocycles. The van der Waals surface area contributed by atoms with Gasteiger partial charge in [0.05, 0.1) is 13.7 Å². The van der Waals surface area contributed by atoms with Gasteiger partial charge in [-0.25, -0.2) is 0 Å². The molecular formula is C25H20O9. The number of hydrogen-bond donors (Lipinski definition) is 4. The van der Waals surface area contributed by atoms with Crippen molar-refractivity contribution in [2.24, 2.45) is 0 Å². The Hall–Kier alpha value is -4.37. The van der Waals surface area contributed by atoms with Crippen LogP contribution >= 0.6 is 0 Å². The normalized spacial score (nSPS) is 17.0. The number of benzene rings is 3. The van der Waals surface area contributed by atoms with Crippen molar-refractivity contribution in [3.8, 4) is 45.8 Å². The van der Waals surface area contributed by atoms with Crippen molar-refractivity contribution < 1.29 is 39.1 Å². The van der Waals surface area contributed by atoms with Gasteiger partial charge in [0.25, 0.3) is 0 Å². The molecule has 2 heterocycles. The van der Waals surface area contributed by atoms with Crippen LogP contribution < -0.4 is 19.6 Å². The summed E-state index contributed by atoms with van der Waals surface area (Å²) in [7, 11) is 1.44. The Bertz CT molecular complexity index is 1440. The number of methoxy groups -OCH3 is 1. The van der Waals surface area contributed by atoms with Crippen molar-refractivity contribution >= 4 is 11.0 Å². The summed E-state index contributed by atoms with van der Waals surface area (Å²) in [6.07, 6.45) is -1.42. The van der Waals surface area contributed by atoms with Gasteiger partial charge in [0, 0.05) is 23.8 Å². The van der Waals surface area contributed by atoms with Gasteiger partial charge in [-0.05, 0) is 29.8 Å². The highest BCUT2D eigenvalue weighted by Crippen LogP contribution is 2.48. The van der Waals surface area contributed by atoms with Crippen LogP contribution in [0.4, 0.5) is 0 Å². The Morgan fingerprint density at radius 1 is 0.941 bits per heavy atom. The molecule has 4 N–H and O–H groups in total. The smallest absolute Gasteiger partial charge is 0.204 e. The van der Waals surface area contributed by atoms with Crippen molar-refractivity contribution in [2.45, 2.75) is 12.2 Å². The van der Waals surface area contributed by atoms with E-state index in [0.717, 1.165) is 6.07 Å². The van der Waals surface area contributed by atoms with E-state index in [0.29, 0.717) is 16.9 Å². The lowest BCUT2D eigenvalue weighted by molar-refractivity contribution is -0.0140. The zero-order valence-electron chi connectivity index (χ0n) is 17.9. The van der Waals surface area contributed by atoms with Gasteiger partial charge < -0.3 is 39.1 Å². The standard InChI is InChI=1S/C25H20O9/c1-31-20-6-13(18-10-17(30)23-16(29)8-15(28)9-19(23)32-18)7-21-25(20)34-22(11-26)24(33-21)12-2-4-14(27)5-3-12/h2-10,22,24,26-29H,11H2,1H3/t22-,24-/m1/s1. The van der Waals surface area contributed by atoms with E-state index in [4.69, 9.17) is 18.6 Å². The molecule has 0 saturated carbocycles. The molecule has 0 fully saturated rings. The first kappa shape index (κ1) is 21.5. The molecule has 174 valence electrons. The van der Waals surface area contributed by atoms with Crippen molar-refractivity contribution in [1.29, 1.82) is 0 Å². The molecule has 5 rings (SSSR count). The Balaban J connectivity index is 1.63. The maximum absolute atomic E-state index is 12.7. The van der Waals surface area contributed by atoms with E-state index < -0.39 is 17.6 Å². The van der Waals surface area contributed by atoms with E-state index in [1.54, 1.807) is 24.3 Å². The maximum atomic E-state index is 12.7. The van der Waals surface area contributed by atoms with Gasteiger partial charge in [0.1, 0.15) is 34.0 Å². The van der Waals surface area contributed by atoms with Crippen LogP contribution in [0.1, 0.15) is 11.7 Å². The molecule has 0 aliphatic carbocycles. The second-order valence-electron chi connectivity index (χ2n) is 7.79. The lowest BCUT2D eigenvalue weighted by Crippen LogP contribution is -2.36. The fourth-order valence-corrected chi connectivity index (χ4v) is 3.98. The van der Waals surface area contributed by atoms with Crippen LogP contribution in [0.5, 0.6) is 34.5 Å². The number of ether oxygens (including phenoxy) is 3. The maximum Gasteiger partial charge on any atom is 0.204 e. The molecule has 34 heavy (non-hydrogen) atoms. The third kappa shape index (κ3) is 3.61. The fraction of sp³-hybridized carbons (Fsp3) is 0.160. The molecule has 0 radical (unpaired) electrons. The molecule has 1 aromatic heterocycles. The number of phenolic OH excluding ortho intramolecular Hbond substituents is 3. The summed E-state index contributed by atoms with van der Waals surface area (Å²) < 4.78 is 23.4. The molecule has 9 heteroatoms. The van der Waals surface area contributed by atoms with E-state index in [1.807, 2.05) is 0 Å². The lowest BCUT2D eigenvalue weighted by atomic mass is 10.0. The van der Waals surface area contributed by atoms with E-state index in [-0.39, 0.29) is 52.1 Å². The first-order chi connectivity index (χ1) is 16.4. The minimum absolute atomic E-state index is 0.0103. The van der Waals surface area contributed by atoms with Gasteiger partial charge in [-0.15, -0.1) is 0 Å². The number of phenols is 3. The first-order valence-electron chi connectivity index (χ1n) is 10.3. The highest BCUT2D eigenvalue weighted by molar-refractivity contribution is 5.86. The van der Waals surface area contributed by atoms with E-state index in [2.05, 4.69) is 0 Å². The molecule has 1 aliphatic rings. The Labute approximate surface area is 192 Å². The Morgan fingerprint density at radius 3 is 2.41 bits per heavy atom. The summed E-state index contributed by atoms with van der Waals surface area (Å²) in [4.78, 5) is 12.7. The van der Waals surface area contributed by atoms with Crippen LogP contribution in [0.25, 0.3) is 22.3 Å². The van der Waals surface area contributed by atoms with Crippen LogP contribution in [0, 0.1) is 0 Å². The number of aliphatic hydroxyl groups is 1. The van der Waals surface area contributed by atoms with Gasteiger partial charge in [0.15, 0.2) is 29.1 Å². The zero-order valence-corrected chi connectivity index (χ0v) is 17.9. The molecule has 0 saturated heterocycles. The average Bonchev–Trinajstić information content (AvgIpc) is 2.82. The second kappa shape index (κ2) is 8.20. The van der Waals surface area contributed by atoms with Gasteiger partial charge >= 0.3 is 0 Å². The summed E-state index contributed by atoms with van der Waals surface area (Å²) in [6, 6.07) is 13.1. The number of fused-ring (bicyclic) bond motifs is 2. The SMILES string of the molecule is COc1cc(-c2cc(=O)c3c(O)cc(O)cc3o2)cc2c1O[C@H](CO)[C@@H](c1ccc(O)cc1)O2. The van der Waals surface area contributed by atoms with Crippen molar-refractivity contribution in [3.05, 3.63) is 70.4 Å². The predicted molar refractivity (Wildman–Crippen MR) is 121 cm³/mol. The van der Waals surface area contributed by atoms with Gasteiger partial charge in [0.2, 0.25) is 5.75 Å². The third-order valence-electron chi connectivity index (χ3n) is 5.58. The van der Waals surface area contributed by atoms with Crippen molar-refractivity contribution in [1.82, 2.24) is 0 Å². The lowest BCUT2D eigenvalue weighted by Gasteiger charge is -2.34. The Morgan fingerprint density at radius 2 is 1.71 bits per heavy atom. The number of aromatic hydroxyl groups is 3. The molecule has 0 spiro atoms. The monoisotopic (exact) mass is 464 g/mol. The Kier molecular flexibility index (Phi) is 5.18. The summed E-state index contributed by atoms with van der Waals surface area (Å²) >= 11 is 0. The van der Waals surface area contributed by atoms with Gasteiger partial charge in [-0.3, -0.25) is 4.79 Å². The molecule has 0 bridgehead atoms. The first-order valence-corrected chi connectivity index (χ1v) is 10.3. The predicted octanol–water partition coefficient (Wildman–Crippen LogP) is 3.46. The fourth-order valence-electron chi connectivity index (χ4n) is 3.98. The van der Waals surface area contributed by atoms with E-state index >= 15 is 0 Å². The molecular weight excluding hydrogens is 444 g/mol. The third-order valence-corrected chi connectivity index (χ3v) is 5.58. The second-order valence-corrected chi connectivity index (χ2v) is 7.79. The molecule has 3 aromatic carbocycles. The largest absolute Gasteiger partial charge is 0.508 e. The van der Waals surface area contributed by atoms with E-state index in [9.17, 15) is 25.2 Å². The molecule has 0 unspecified atom stereocenters. The summed E-state index contributed by atoms with van der Waals surface area (Å²) in [5.74, 6) is 0.458. The number of aliphatic hydroxyl groups excluding tert-OH is 1. The number of rotatable bonds is 4. The highest BCUT2D eigenvalue weighted by Gasteiger charge is 2.35. The summed E-state index contributed by atoms with van der Waals surface area (Å²) in [5.41, 5.74) is 0.615. The van der Waals surface area contributed by atoms with Crippen LogP contribution in [-0.2, 0) is 0 Å². The molecule has 0 amide bonds. The van der Waals surface area contributed by atoms with Gasteiger partial charge in [-0.1, -0.05) is 12.1 Å². The van der Waals surface area contributed by atoms with Gasteiger partial charge in [-0.2, -0.15) is 0 Å². The minimum Gasteiger partial charge on any atom is -0.508 e. The molecule has 4 aromatic rings. The van der Waals surface area contributed by atoms with Crippen LogP contribution in [0.15, 0.2) is 63.8 Å². The average molecular weight is 464 g/mol.